The van der Waals surface area contributed by atoms with Gasteiger partial charge in [-0.2, -0.15) is 0 Å². The molecular formula is C31H33BrN2O5. The molecule has 2 aliphatic carbocycles. The molecule has 0 amide bonds. The predicted molar refractivity (Wildman–Crippen MR) is 152 cm³/mol. The molecule has 0 saturated carbocycles. The first-order chi connectivity index (χ1) is 18.3. The summed E-state index contributed by atoms with van der Waals surface area (Å²) in [5.41, 5.74) is 4.38. The van der Waals surface area contributed by atoms with Gasteiger partial charge in [-0.15, -0.1) is 0 Å². The summed E-state index contributed by atoms with van der Waals surface area (Å²) < 4.78 is 7.10. The Bertz CT molecular complexity index is 1420. The van der Waals surface area contributed by atoms with Gasteiger partial charge in [0.25, 0.3) is 5.69 Å². The summed E-state index contributed by atoms with van der Waals surface area (Å²) in [7, 11) is 1.99. The second-order valence-corrected chi connectivity index (χ2v) is 13.4. The average molecular weight is 594 g/mol. The monoisotopic (exact) mass is 592 g/mol. The summed E-state index contributed by atoms with van der Waals surface area (Å²) >= 11 is 3.60. The fraction of sp³-hybridized carbons (Fsp3) is 0.419. The van der Waals surface area contributed by atoms with Gasteiger partial charge in [0.1, 0.15) is 12.4 Å². The van der Waals surface area contributed by atoms with Crippen LogP contribution in [0.25, 0.3) is 0 Å². The molecule has 3 aliphatic rings. The molecule has 0 spiro atoms. The van der Waals surface area contributed by atoms with Crippen LogP contribution in [0.5, 0.6) is 5.75 Å². The number of nitro benzene ring substituents is 1. The Labute approximate surface area is 237 Å². The number of hydrogen-bond acceptors (Lipinski definition) is 6. The third-order valence-corrected chi connectivity index (χ3v) is 8.47. The third-order valence-electron chi connectivity index (χ3n) is 7.98. The van der Waals surface area contributed by atoms with Crippen LogP contribution in [-0.4, -0.2) is 28.4 Å². The zero-order valence-electron chi connectivity index (χ0n) is 23.0. The molecule has 0 unspecified atom stereocenters. The van der Waals surface area contributed by atoms with Crippen molar-refractivity contribution in [1.29, 1.82) is 0 Å². The second kappa shape index (κ2) is 9.73. The van der Waals surface area contributed by atoms with E-state index >= 15 is 0 Å². The van der Waals surface area contributed by atoms with Crippen LogP contribution >= 0.6 is 15.9 Å². The summed E-state index contributed by atoms with van der Waals surface area (Å²) in [6.45, 7) is 8.57. The molecule has 8 heteroatoms. The Hall–Kier alpha value is -3.26. The number of ether oxygens (including phenoxy) is 1. The minimum Gasteiger partial charge on any atom is -0.489 e. The van der Waals surface area contributed by atoms with Gasteiger partial charge in [-0.3, -0.25) is 19.7 Å². The minimum atomic E-state index is -0.531. The van der Waals surface area contributed by atoms with Crippen molar-refractivity contribution in [2.24, 2.45) is 10.8 Å². The first-order valence-electron chi connectivity index (χ1n) is 13.2. The van der Waals surface area contributed by atoms with Crippen molar-refractivity contribution >= 4 is 33.2 Å². The summed E-state index contributed by atoms with van der Waals surface area (Å²) in [6, 6.07) is 12.0. The number of non-ortho nitro benzene ring substituents is 1. The Balaban J connectivity index is 1.65. The van der Waals surface area contributed by atoms with E-state index in [1.165, 1.54) is 12.1 Å². The normalized spacial score (nSPS) is 20.6. The number of Topliss-reactive ketones (excluding diaryl/α,β-unsaturated/α-hetero) is 2. The number of nitro groups is 1. The molecule has 1 heterocycles. The Morgan fingerprint density at radius 2 is 1.54 bits per heavy atom. The van der Waals surface area contributed by atoms with Gasteiger partial charge in [-0.05, 0) is 47.4 Å². The molecule has 1 aliphatic heterocycles. The van der Waals surface area contributed by atoms with Gasteiger partial charge in [0, 0.05) is 70.5 Å². The van der Waals surface area contributed by atoms with Gasteiger partial charge in [-0.25, -0.2) is 0 Å². The number of nitrogens with zero attached hydrogens (tertiary/aromatic N) is 2. The van der Waals surface area contributed by atoms with Gasteiger partial charge in [0.15, 0.2) is 11.6 Å². The van der Waals surface area contributed by atoms with Crippen LogP contribution < -0.4 is 4.74 Å². The maximum absolute atomic E-state index is 13.8. The van der Waals surface area contributed by atoms with E-state index in [1.54, 1.807) is 12.1 Å². The number of benzene rings is 2. The largest absolute Gasteiger partial charge is 0.489 e. The van der Waals surface area contributed by atoms with Gasteiger partial charge < -0.3 is 9.64 Å². The SMILES string of the molecule is CN1C2=C(C(=O)CC(C)(C)C2)C(c2cc(Br)ccc2OCc2cccc([N+](=O)[O-])c2)C2=C1CC(C)(C)CC2=O. The van der Waals surface area contributed by atoms with E-state index < -0.39 is 10.8 Å². The molecule has 0 aromatic heterocycles. The van der Waals surface area contributed by atoms with E-state index in [0.717, 1.165) is 34.3 Å². The highest BCUT2D eigenvalue weighted by atomic mass is 79.9. The van der Waals surface area contributed by atoms with Crippen molar-refractivity contribution in [2.45, 2.75) is 65.9 Å². The highest BCUT2D eigenvalue weighted by Gasteiger charge is 2.48. The lowest BCUT2D eigenvalue weighted by Crippen LogP contribution is -2.43. The van der Waals surface area contributed by atoms with Crippen molar-refractivity contribution in [3.8, 4) is 5.75 Å². The smallest absolute Gasteiger partial charge is 0.269 e. The maximum Gasteiger partial charge on any atom is 0.269 e. The number of hydrogen-bond donors (Lipinski definition) is 0. The predicted octanol–water partition coefficient (Wildman–Crippen LogP) is 7.25. The van der Waals surface area contributed by atoms with Crippen molar-refractivity contribution in [2.75, 3.05) is 7.05 Å². The highest BCUT2D eigenvalue weighted by molar-refractivity contribution is 9.10. The van der Waals surface area contributed by atoms with E-state index in [0.29, 0.717) is 35.3 Å². The summed E-state index contributed by atoms with van der Waals surface area (Å²) in [5, 5.41) is 11.3. The molecular weight excluding hydrogens is 560 g/mol. The molecule has 0 fully saturated rings. The van der Waals surface area contributed by atoms with Gasteiger partial charge >= 0.3 is 0 Å². The zero-order chi connectivity index (χ0) is 28.3. The topological polar surface area (TPSA) is 89.8 Å². The number of ketones is 2. The van der Waals surface area contributed by atoms with Gasteiger partial charge in [0.2, 0.25) is 0 Å². The van der Waals surface area contributed by atoms with E-state index in [1.807, 2.05) is 25.2 Å². The highest BCUT2D eigenvalue weighted by Crippen LogP contribution is 2.55. The van der Waals surface area contributed by atoms with Gasteiger partial charge in [0.05, 0.1) is 4.92 Å². The second-order valence-electron chi connectivity index (χ2n) is 12.5. The lowest BCUT2D eigenvalue weighted by Gasteiger charge is -2.48. The molecule has 2 aromatic carbocycles. The van der Waals surface area contributed by atoms with E-state index in [4.69, 9.17) is 4.74 Å². The number of allylic oxidation sites excluding steroid dienone is 4. The number of halogens is 1. The lowest BCUT2D eigenvalue weighted by atomic mass is 9.63. The average Bonchev–Trinajstić information content (AvgIpc) is 2.83. The van der Waals surface area contributed by atoms with Crippen LogP contribution in [-0.2, 0) is 16.2 Å². The van der Waals surface area contributed by atoms with E-state index in [-0.39, 0.29) is 34.7 Å². The summed E-state index contributed by atoms with van der Waals surface area (Å²) in [4.78, 5) is 40.6. The van der Waals surface area contributed by atoms with Crippen LogP contribution in [0.4, 0.5) is 5.69 Å². The molecule has 204 valence electrons. The van der Waals surface area contributed by atoms with Crippen LogP contribution in [0.2, 0.25) is 0 Å². The molecule has 0 bridgehead atoms. The van der Waals surface area contributed by atoms with Crippen LogP contribution in [0.3, 0.4) is 0 Å². The minimum absolute atomic E-state index is 0.00197. The fourth-order valence-corrected chi connectivity index (χ4v) is 6.65. The molecule has 2 aromatic rings. The van der Waals surface area contributed by atoms with E-state index in [9.17, 15) is 19.7 Å². The Kier molecular flexibility index (Phi) is 6.82. The molecule has 0 N–H and O–H groups in total. The van der Waals surface area contributed by atoms with Gasteiger partial charge in [-0.1, -0.05) is 55.8 Å². The quantitative estimate of drug-likeness (QED) is 0.268. The molecule has 7 nitrogen and oxygen atoms in total. The number of carbonyl (C=O) groups is 2. The maximum atomic E-state index is 13.8. The lowest BCUT2D eigenvalue weighted by molar-refractivity contribution is -0.384. The first-order valence-corrected chi connectivity index (χ1v) is 14.0. The van der Waals surface area contributed by atoms with Crippen molar-refractivity contribution in [3.05, 3.63) is 90.7 Å². The number of rotatable bonds is 5. The van der Waals surface area contributed by atoms with Crippen molar-refractivity contribution < 1.29 is 19.2 Å². The standard InChI is InChI=1S/C31H33BrN2O5/c1-30(2)13-22-28(24(35)15-30)27(29-23(33(22)5)14-31(3,4)16-25(29)36)21-12-19(32)9-10-26(21)39-17-18-7-6-8-20(11-18)34(37)38/h6-12,27H,13-17H2,1-5H3. The molecule has 5 rings (SSSR count). The molecule has 0 saturated heterocycles. The Morgan fingerprint density at radius 3 is 2.10 bits per heavy atom. The third kappa shape index (κ3) is 5.19. The van der Waals surface area contributed by atoms with Crippen molar-refractivity contribution in [3.63, 3.8) is 0 Å². The van der Waals surface area contributed by atoms with Crippen LogP contribution in [0.15, 0.2) is 69.5 Å². The zero-order valence-corrected chi connectivity index (χ0v) is 24.6. The van der Waals surface area contributed by atoms with Crippen LogP contribution in [0, 0.1) is 20.9 Å². The van der Waals surface area contributed by atoms with Crippen molar-refractivity contribution in [1.82, 2.24) is 4.90 Å². The van der Waals surface area contributed by atoms with Crippen LogP contribution in [0.1, 0.15) is 70.4 Å². The Morgan fingerprint density at radius 1 is 0.949 bits per heavy atom. The first kappa shape index (κ1) is 27.3. The number of carbonyl (C=O) groups excluding carboxylic acids is 2. The molecule has 0 atom stereocenters. The summed E-state index contributed by atoms with van der Waals surface area (Å²) in [5.74, 6) is 0.142. The van der Waals surface area contributed by atoms with E-state index in [2.05, 4.69) is 48.5 Å². The summed E-state index contributed by atoms with van der Waals surface area (Å²) in [6.07, 6.45) is 2.31. The molecule has 0 radical (unpaired) electrons. The molecule has 39 heavy (non-hydrogen) atoms. The fourth-order valence-electron chi connectivity index (χ4n) is 6.27.